The molecular formula is C9H26N4. The lowest BCUT2D eigenvalue weighted by Gasteiger charge is -1.95. The van der Waals surface area contributed by atoms with Crippen molar-refractivity contribution in [1.29, 1.82) is 0 Å². The Kier molecular flexibility index (Phi) is 21.0. The first-order valence-electron chi connectivity index (χ1n) is 5.08. The van der Waals surface area contributed by atoms with E-state index in [-0.39, 0.29) is 0 Å². The maximum Gasteiger partial charge on any atom is -0.00370 e. The van der Waals surface area contributed by atoms with Crippen molar-refractivity contribution in [2.45, 2.75) is 19.8 Å². The predicted octanol–water partition coefficient (Wildman–Crippen LogP) is -0.501. The smallest absolute Gasteiger partial charge is 0.00370 e. The fourth-order valence-corrected chi connectivity index (χ4v) is 0.683. The van der Waals surface area contributed by atoms with Crippen LogP contribution in [-0.4, -0.2) is 39.8 Å². The third kappa shape index (κ3) is 24.5. The molecule has 0 bridgehead atoms. The van der Waals surface area contributed by atoms with E-state index in [0.29, 0.717) is 0 Å². The van der Waals surface area contributed by atoms with E-state index in [1.54, 1.807) is 0 Å². The Labute approximate surface area is 82.4 Å². The van der Waals surface area contributed by atoms with E-state index in [4.69, 9.17) is 11.5 Å². The summed E-state index contributed by atoms with van der Waals surface area (Å²) in [6.07, 6.45) is 2.17. The van der Waals surface area contributed by atoms with Crippen LogP contribution in [0.1, 0.15) is 19.8 Å². The lowest BCUT2D eigenvalue weighted by molar-refractivity contribution is 0.679. The Balaban J connectivity index is 0. The maximum atomic E-state index is 5.23. The Hall–Kier alpha value is -0.160. The second-order valence-electron chi connectivity index (χ2n) is 2.74. The first-order chi connectivity index (χ1) is 6.33. The standard InChI is InChI=1S/C5H14N2.C4H12N2/c1-2-7-5-3-4-6;1-6-4-2-3-5/h7H,2-6H2,1H3;6H,2-5H2,1H3. The van der Waals surface area contributed by atoms with Gasteiger partial charge in [-0.1, -0.05) is 6.92 Å². The van der Waals surface area contributed by atoms with E-state index in [0.717, 1.165) is 45.6 Å². The highest BCUT2D eigenvalue weighted by Gasteiger charge is 1.77. The van der Waals surface area contributed by atoms with E-state index in [9.17, 15) is 0 Å². The van der Waals surface area contributed by atoms with E-state index in [1.165, 1.54) is 0 Å². The van der Waals surface area contributed by atoms with Gasteiger partial charge in [-0.25, -0.2) is 0 Å². The van der Waals surface area contributed by atoms with Crippen molar-refractivity contribution in [3.8, 4) is 0 Å². The molecule has 13 heavy (non-hydrogen) atoms. The van der Waals surface area contributed by atoms with Gasteiger partial charge in [-0.15, -0.1) is 0 Å². The molecule has 0 radical (unpaired) electrons. The topological polar surface area (TPSA) is 76.1 Å². The zero-order valence-corrected chi connectivity index (χ0v) is 9.10. The molecule has 0 atom stereocenters. The fourth-order valence-electron chi connectivity index (χ4n) is 0.683. The van der Waals surface area contributed by atoms with E-state index in [1.807, 2.05) is 7.05 Å². The molecule has 0 fully saturated rings. The van der Waals surface area contributed by atoms with Crippen LogP contribution in [0, 0.1) is 0 Å². The molecule has 0 aromatic rings. The molecule has 0 aromatic heterocycles. The monoisotopic (exact) mass is 190 g/mol. The lowest BCUT2D eigenvalue weighted by Crippen LogP contribution is -2.17. The van der Waals surface area contributed by atoms with Gasteiger partial charge in [0.1, 0.15) is 0 Å². The second kappa shape index (κ2) is 17.8. The summed E-state index contributed by atoms with van der Waals surface area (Å²) in [5, 5.41) is 6.16. The SMILES string of the molecule is CCNCCCN.CNCCCN. The van der Waals surface area contributed by atoms with Gasteiger partial charge < -0.3 is 22.1 Å². The van der Waals surface area contributed by atoms with Crippen LogP contribution in [0.2, 0.25) is 0 Å². The minimum absolute atomic E-state index is 0.792. The number of hydrogen-bond acceptors (Lipinski definition) is 4. The first kappa shape index (κ1) is 15.3. The van der Waals surface area contributed by atoms with Gasteiger partial charge in [0.05, 0.1) is 0 Å². The summed E-state index contributed by atoms with van der Waals surface area (Å²) in [6.45, 7) is 6.84. The molecule has 4 nitrogen and oxygen atoms in total. The second-order valence-corrected chi connectivity index (χ2v) is 2.74. The molecule has 0 amide bonds. The van der Waals surface area contributed by atoms with Gasteiger partial charge in [-0.05, 0) is 52.6 Å². The van der Waals surface area contributed by atoms with Gasteiger partial charge in [0.15, 0.2) is 0 Å². The van der Waals surface area contributed by atoms with Crippen molar-refractivity contribution in [3.05, 3.63) is 0 Å². The molecule has 0 aliphatic heterocycles. The number of nitrogens with two attached hydrogens (primary N) is 2. The molecular weight excluding hydrogens is 164 g/mol. The number of nitrogens with one attached hydrogen (secondary N) is 2. The van der Waals surface area contributed by atoms with Gasteiger partial charge in [-0.2, -0.15) is 0 Å². The summed E-state index contributed by atoms with van der Waals surface area (Å²) in [6, 6.07) is 0. The molecule has 0 saturated heterocycles. The van der Waals surface area contributed by atoms with Crippen molar-refractivity contribution in [2.24, 2.45) is 11.5 Å². The fraction of sp³-hybridized carbons (Fsp3) is 1.00. The third-order valence-electron chi connectivity index (χ3n) is 1.44. The summed E-state index contributed by atoms with van der Waals surface area (Å²) >= 11 is 0. The van der Waals surface area contributed by atoms with Crippen LogP contribution >= 0.6 is 0 Å². The highest BCUT2D eigenvalue weighted by Crippen LogP contribution is 1.66. The lowest BCUT2D eigenvalue weighted by atomic mass is 10.4. The zero-order valence-electron chi connectivity index (χ0n) is 9.10. The summed E-state index contributed by atoms with van der Waals surface area (Å²) < 4.78 is 0. The molecule has 0 aromatic carbocycles. The Morgan fingerprint density at radius 2 is 1.54 bits per heavy atom. The summed E-state index contributed by atoms with van der Waals surface area (Å²) in [5.74, 6) is 0. The van der Waals surface area contributed by atoms with Crippen molar-refractivity contribution >= 4 is 0 Å². The van der Waals surface area contributed by atoms with Crippen molar-refractivity contribution in [1.82, 2.24) is 10.6 Å². The highest BCUT2D eigenvalue weighted by atomic mass is 14.8. The summed E-state index contributed by atoms with van der Waals surface area (Å²) in [7, 11) is 1.93. The Bertz CT molecular complexity index is 60.6. The molecule has 0 saturated carbocycles. The average Bonchev–Trinajstić information content (AvgIpc) is 2.17. The molecule has 0 heterocycles. The number of hydrogen-bond donors (Lipinski definition) is 4. The largest absolute Gasteiger partial charge is 0.330 e. The maximum absolute atomic E-state index is 5.23. The van der Waals surface area contributed by atoms with Gasteiger partial charge in [0, 0.05) is 0 Å². The van der Waals surface area contributed by atoms with Crippen molar-refractivity contribution < 1.29 is 0 Å². The molecule has 0 aliphatic carbocycles. The first-order valence-corrected chi connectivity index (χ1v) is 5.08. The van der Waals surface area contributed by atoms with E-state index in [2.05, 4.69) is 17.6 Å². The van der Waals surface area contributed by atoms with E-state index >= 15 is 0 Å². The Morgan fingerprint density at radius 3 is 1.85 bits per heavy atom. The molecule has 0 unspecified atom stereocenters. The van der Waals surface area contributed by atoms with Crippen LogP contribution in [-0.2, 0) is 0 Å². The van der Waals surface area contributed by atoms with Crippen LogP contribution in [0.25, 0.3) is 0 Å². The van der Waals surface area contributed by atoms with Crippen molar-refractivity contribution in [2.75, 3.05) is 39.8 Å². The minimum atomic E-state index is 0.792. The summed E-state index contributed by atoms with van der Waals surface area (Å²) in [5.41, 5.74) is 10.4. The predicted molar refractivity (Wildman–Crippen MR) is 59.8 cm³/mol. The van der Waals surface area contributed by atoms with Gasteiger partial charge >= 0.3 is 0 Å². The molecule has 6 N–H and O–H groups in total. The molecule has 0 aliphatic rings. The van der Waals surface area contributed by atoms with Gasteiger partial charge in [0.2, 0.25) is 0 Å². The molecule has 0 spiro atoms. The normalized spacial score (nSPS) is 9.23. The summed E-state index contributed by atoms with van der Waals surface area (Å²) in [4.78, 5) is 0. The quantitative estimate of drug-likeness (QED) is 0.408. The number of rotatable bonds is 7. The van der Waals surface area contributed by atoms with Crippen LogP contribution in [0.15, 0.2) is 0 Å². The van der Waals surface area contributed by atoms with Crippen LogP contribution < -0.4 is 22.1 Å². The average molecular weight is 190 g/mol. The Morgan fingerprint density at radius 1 is 1.00 bits per heavy atom. The molecule has 4 heteroatoms. The van der Waals surface area contributed by atoms with Gasteiger partial charge in [-0.3, -0.25) is 0 Å². The van der Waals surface area contributed by atoms with E-state index < -0.39 is 0 Å². The third-order valence-corrected chi connectivity index (χ3v) is 1.44. The molecule has 0 rings (SSSR count). The van der Waals surface area contributed by atoms with Crippen LogP contribution in [0.5, 0.6) is 0 Å². The van der Waals surface area contributed by atoms with Gasteiger partial charge in [0.25, 0.3) is 0 Å². The van der Waals surface area contributed by atoms with Crippen molar-refractivity contribution in [3.63, 3.8) is 0 Å². The van der Waals surface area contributed by atoms with Crippen LogP contribution in [0.4, 0.5) is 0 Å². The molecule has 82 valence electrons. The zero-order chi connectivity index (χ0) is 10.4. The van der Waals surface area contributed by atoms with Crippen LogP contribution in [0.3, 0.4) is 0 Å². The highest BCUT2D eigenvalue weighted by molar-refractivity contribution is 4.42. The minimum Gasteiger partial charge on any atom is -0.330 e.